The van der Waals surface area contributed by atoms with Gasteiger partial charge in [0.15, 0.2) is 0 Å². The smallest absolute Gasteiger partial charge is 0.870 e. The van der Waals surface area contributed by atoms with Gasteiger partial charge in [-0.15, -0.1) is 0 Å². The topological polar surface area (TPSA) is 171 Å². The SMILES string of the molecule is O=C([O-])CC(O)(CC(=O)[O-])C(=O)[O-].[Ga+3].[OH-]. The summed E-state index contributed by atoms with van der Waals surface area (Å²) in [5.41, 5.74) is -2.97. The molecule has 0 rings (SSSR count). The molecule has 9 heteroatoms. The minimum absolute atomic E-state index is 0. The van der Waals surface area contributed by atoms with E-state index in [0.717, 1.165) is 0 Å². The Morgan fingerprint density at radius 3 is 1.40 bits per heavy atom. The van der Waals surface area contributed by atoms with Crippen molar-refractivity contribution in [2.24, 2.45) is 0 Å². The van der Waals surface area contributed by atoms with Crippen molar-refractivity contribution < 1.29 is 40.3 Å². The fraction of sp³-hybridized carbons (Fsp3) is 0.500. The number of carboxylic acids is 3. The molecule has 0 atom stereocenters. The largest absolute Gasteiger partial charge is 3.00 e. The molecule has 0 aromatic carbocycles. The molecule has 82 valence electrons. The molecule has 0 spiro atoms. The normalized spacial score (nSPS) is 9.40. The van der Waals surface area contributed by atoms with Crippen molar-refractivity contribution in [1.82, 2.24) is 0 Å². The van der Waals surface area contributed by atoms with Crippen LogP contribution >= 0.6 is 0 Å². The zero-order chi connectivity index (χ0) is 10.6. The first-order valence-corrected chi connectivity index (χ1v) is 3.11. The van der Waals surface area contributed by atoms with E-state index in [4.69, 9.17) is 5.11 Å². The molecule has 0 aliphatic rings. The van der Waals surface area contributed by atoms with Crippen molar-refractivity contribution in [3.05, 3.63) is 0 Å². The van der Waals surface area contributed by atoms with E-state index in [1.54, 1.807) is 0 Å². The van der Waals surface area contributed by atoms with Crippen LogP contribution in [0.5, 0.6) is 0 Å². The minimum atomic E-state index is -2.97. The van der Waals surface area contributed by atoms with Gasteiger partial charge in [-0.1, -0.05) is 0 Å². The molecule has 0 bridgehead atoms. The molecule has 0 aliphatic heterocycles. The van der Waals surface area contributed by atoms with Crippen LogP contribution in [0.3, 0.4) is 0 Å². The average molecular weight is 276 g/mol. The van der Waals surface area contributed by atoms with E-state index in [1.807, 2.05) is 0 Å². The van der Waals surface area contributed by atoms with Crippen molar-refractivity contribution in [2.45, 2.75) is 18.4 Å². The molecule has 0 unspecified atom stereocenters. The Kier molecular flexibility index (Phi) is 9.48. The van der Waals surface area contributed by atoms with Gasteiger partial charge in [-0.3, -0.25) is 0 Å². The zero-order valence-corrected chi connectivity index (χ0v) is 9.76. The quantitative estimate of drug-likeness (QED) is 0.483. The van der Waals surface area contributed by atoms with Crippen LogP contribution in [0.25, 0.3) is 0 Å². The van der Waals surface area contributed by atoms with Crippen LogP contribution in [0, 0.1) is 0 Å². The fourth-order valence-corrected chi connectivity index (χ4v) is 0.684. The summed E-state index contributed by atoms with van der Waals surface area (Å²) in [5.74, 6) is -5.98. The van der Waals surface area contributed by atoms with Crippen LogP contribution in [0.2, 0.25) is 0 Å². The third-order valence-electron chi connectivity index (χ3n) is 1.25. The second-order valence-corrected chi connectivity index (χ2v) is 2.42. The molecule has 0 saturated heterocycles. The van der Waals surface area contributed by atoms with Crippen molar-refractivity contribution in [3.63, 3.8) is 0 Å². The van der Waals surface area contributed by atoms with E-state index in [0.29, 0.717) is 0 Å². The third kappa shape index (κ3) is 6.96. The van der Waals surface area contributed by atoms with Gasteiger partial charge in [-0.25, -0.2) is 0 Å². The maximum atomic E-state index is 10.1. The second kappa shape index (κ2) is 7.28. The number of rotatable bonds is 5. The molecule has 0 fully saturated rings. The number of aliphatic carboxylic acids is 3. The monoisotopic (exact) mass is 275 g/mol. The second-order valence-electron chi connectivity index (χ2n) is 2.42. The Balaban J connectivity index is -0.000000720. The first-order chi connectivity index (χ1) is 5.78. The Bertz CT molecular complexity index is 234. The zero-order valence-electron chi connectivity index (χ0n) is 7.34. The standard InChI is InChI=1S/C6H8O7.Ga.H2O/c7-3(8)1-6(13,5(11)12)2-4(9)10;;/h13H,1-2H2,(H,7,8)(H,9,10)(H,11,12);;1H2/q;+3;/p-4. The first kappa shape index (κ1) is 19.5. The third-order valence-corrected chi connectivity index (χ3v) is 1.25. The molecule has 0 heterocycles. The van der Waals surface area contributed by atoms with Crippen LogP contribution in [0.15, 0.2) is 0 Å². The summed E-state index contributed by atoms with van der Waals surface area (Å²) in [6.07, 6.45) is -2.72. The number of carbonyl (C=O) groups is 3. The van der Waals surface area contributed by atoms with Gasteiger partial charge in [0.1, 0.15) is 5.60 Å². The van der Waals surface area contributed by atoms with Crippen molar-refractivity contribution in [2.75, 3.05) is 0 Å². The number of hydrogen-bond donors (Lipinski definition) is 1. The van der Waals surface area contributed by atoms with Gasteiger partial charge in [0.25, 0.3) is 0 Å². The van der Waals surface area contributed by atoms with Gasteiger partial charge in [-0.2, -0.15) is 0 Å². The van der Waals surface area contributed by atoms with Gasteiger partial charge in [0.05, 0.1) is 5.97 Å². The van der Waals surface area contributed by atoms with Crippen LogP contribution in [-0.2, 0) is 14.4 Å². The molecule has 0 saturated carbocycles. The van der Waals surface area contributed by atoms with Gasteiger partial charge in [0.2, 0.25) is 0 Å². The van der Waals surface area contributed by atoms with E-state index in [-0.39, 0.29) is 25.3 Å². The maximum absolute atomic E-state index is 10.1. The predicted molar refractivity (Wildman–Crippen MR) is 36.9 cm³/mol. The van der Waals surface area contributed by atoms with Crippen LogP contribution in [0.1, 0.15) is 12.8 Å². The number of aliphatic hydroxyl groups is 1. The summed E-state index contributed by atoms with van der Waals surface area (Å²) < 4.78 is 0. The molecule has 0 amide bonds. The molecule has 0 aliphatic carbocycles. The van der Waals surface area contributed by atoms with E-state index in [9.17, 15) is 29.7 Å². The Hall–Kier alpha value is -1.03. The van der Waals surface area contributed by atoms with Gasteiger partial charge in [-0.05, 0) is 0 Å². The van der Waals surface area contributed by atoms with Crippen LogP contribution in [-0.4, -0.2) is 53.9 Å². The molecule has 15 heavy (non-hydrogen) atoms. The Morgan fingerprint density at radius 1 is 1.00 bits per heavy atom. The Labute approximate surface area is 96.9 Å². The summed E-state index contributed by atoms with van der Waals surface area (Å²) in [5, 5.41) is 38.9. The summed E-state index contributed by atoms with van der Waals surface area (Å²) in [6.45, 7) is 0. The number of carboxylic acid groups (broad SMARTS) is 3. The molecular weight excluding hydrogens is 270 g/mol. The summed E-state index contributed by atoms with van der Waals surface area (Å²) in [7, 11) is 0. The Morgan fingerprint density at radius 2 is 1.27 bits per heavy atom. The maximum Gasteiger partial charge on any atom is 3.00 e. The van der Waals surface area contributed by atoms with Crippen molar-refractivity contribution in [1.29, 1.82) is 0 Å². The summed E-state index contributed by atoms with van der Waals surface area (Å²) in [6, 6.07) is 0. The molecule has 0 aromatic rings. The van der Waals surface area contributed by atoms with Crippen LogP contribution < -0.4 is 15.3 Å². The van der Waals surface area contributed by atoms with Crippen LogP contribution in [0.4, 0.5) is 0 Å². The fourth-order valence-electron chi connectivity index (χ4n) is 0.684. The molecule has 0 radical (unpaired) electrons. The van der Waals surface area contributed by atoms with E-state index < -0.39 is 36.4 Å². The van der Waals surface area contributed by atoms with E-state index in [2.05, 4.69) is 0 Å². The summed E-state index contributed by atoms with van der Waals surface area (Å²) >= 11 is 0. The van der Waals surface area contributed by atoms with Crippen molar-refractivity contribution >= 4 is 37.7 Å². The van der Waals surface area contributed by atoms with E-state index in [1.165, 1.54) is 0 Å². The van der Waals surface area contributed by atoms with Gasteiger partial charge in [0, 0.05) is 24.8 Å². The van der Waals surface area contributed by atoms with Gasteiger partial charge < -0.3 is 40.3 Å². The molecular formula is C6H6GaO8-. The summed E-state index contributed by atoms with van der Waals surface area (Å²) in [4.78, 5) is 30.0. The molecule has 2 N–H and O–H groups in total. The average Bonchev–Trinajstić information content (AvgIpc) is 1.82. The first-order valence-electron chi connectivity index (χ1n) is 3.11. The molecule has 0 aromatic heterocycles. The minimum Gasteiger partial charge on any atom is -0.870 e. The number of hydrogen-bond acceptors (Lipinski definition) is 8. The van der Waals surface area contributed by atoms with Crippen molar-refractivity contribution in [3.8, 4) is 0 Å². The van der Waals surface area contributed by atoms with E-state index >= 15 is 0 Å². The molecule has 8 nitrogen and oxygen atoms in total. The van der Waals surface area contributed by atoms with Gasteiger partial charge >= 0.3 is 19.8 Å². The number of carbonyl (C=O) groups excluding carboxylic acids is 3. The predicted octanol–water partition coefficient (Wildman–Crippen LogP) is -5.81.